The third-order valence-corrected chi connectivity index (χ3v) is 1.76. The fourth-order valence-electron chi connectivity index (χ4n) is 1.16. The van der Waals surface area contributed by atoms with E-state index in [0.717, 1.165) is 0 Å². The number of carbonyl (C=O) groups excluding carboxylic acids is 1. The number of esters is 1. The van der Waals surface area contributed by atoms with Gasteiger partial charge in [-0.15, -0.1) is 0 Å². The van der Waals surface area contributed by atoms with Crippen LogP contribution in [0.25, 0.3) is 0 Å². The first-order chi connectivity index (χ1) is 5.38. The summed E-state index contributed by atoms with van der Waals surface area (Å²) in [5.74, 6) is 0.478. The summed E-state index contributed by atoms with van der Waals surface area (Å²) in [5.41, 5.74) is 0.679. The van der Waals surface area contributed by atoms with Crippen molar-refractivity contribution in [2.24, 2.45) is 0 Å². The van der Waals surface area contributed by atoms with Gasteiger partial charge in [0.2, 0.25) is 0 Å². The van der Waals surface area contributed by atoms with Crippen molar-refractivity contribution < 1.29 is 14.3 Å². The number of allylic oxidation sites excluding steroid dienone is 1. The highest BCUT2D eigenvalue weighted by molar-refractivity contribution is 5.91. The Morgan fingerprint density at radius 2 is 2.18 bits per heavy atom. The Hall–Kier alpha value is -1.25. The van der Waals surface area contributed by atoms with Crippen molar-refractivity contribution in [1.29, 1.82) is 0 Å². The summed E-state index contributed by atoms with van der Waals surface area (Å²) in [4.78, 5) is 11.0. The van der Waals surface area contributed by atoms with Crippen molar-refractivity contribution in [2.75, 3.05) is 13.2 Å². The van der Waals surface area contributed by atoms with E-state index in [4.69, 9.17) is 9.47 Å². The van der Waals surface area contributed by atoms with Gasteiger partial charge in [-0.1, -0.05) is 12.2 Å². The van der Waals surface area contributed by atoms with Crippen molar-refractivity contribution >= 4 is 5.97 Å². The topological polar surface area (TPSA) is 35.5 Å². The van der Waals surface area contributed by atoms with E-state index < -0.39 is 0 Å². The molecule has 0 amide bonds. The molecule has 0 spiro atoms. The lowest BCUT2D eigenvalue weighted by Gasteiger charge is -1.99. The van der Waals surface area contributed by atoms with Crippen LogP contribution in [0.5, 0.6) is 0 Å². The molecule has 0 atom stereocenters. The average molecular weight is 152 g/mol. The van der Waals surface area contributed by atoms with Crippen LogP contribution < -0.4 is 0 Å². The monoisotopic (exact) mass is 152 g/mol. The first-order valence-corrected chi connectivity index (χ1v) is 3.55. The fourth-order valence-corrected chi connectivity index (χ4v) is 1.16. The predicted octanol–water partition coefficient (Wildman–Crippen LogP) is 0.774. The third-order valence-electron chi connectivity index (χ3n) is 1.76. The molecule has 0 fully saturated rings. The van der Waals surface area contributed by atoms with E-state index in [1.807, 2.05) is 12.2 Å². The Morgan fingerprint density at radius 1 is 1.27 bits per heavy atom. The second-order valence-electron chi connectivity index (χ2n) is 2.46. The van der Waals surface area contributed by atoms with Crippen LogP contribution in [0, 0.1) is 0 Å². The molecule has 2 aliphatic heterocycles. The zero-order chi connectivity index (χ0) is 7.68. The van der Waals surface area contributed by atoms with Crippen LogP contribution in [0.1, 0.15) is 6.42 Å². The van der Waals surface area contributed by atoms with E-state index in [9.17, 15) is 4.79 Å². The molecule has 3 heteroatoms. The zero-order valence-electron chi connectivity index (χ0n) is 6.00. The number of rotatable bonds is 0. The van der Waals surface area contributed by atoms with Gasteiger partial charge in [0, 0.05) is 6.42 Å². The average Bonchev–Trinajstić information content (AvgIpc) is 2.25. The minimum Gasteiger partial charge on any atom is -0.490 e. The highest BCUT2D eigenvalue weighted by Gasteiger charge is 2.25. The fraction of sp³-hybridized carbons (Fsp3) is 0.375. The zero-order valence-corrected chi connectivity index (χ0v) is 6.00. The molecular weight excluding hydrogens is 144 g/mol. The van der Waals surface area contributed by atoms with E-state index in [2.05, 4.69) is 0 Å². The summed E-state index contributed by atoms with van der Waals surface area (Å²) < 4.78 is 10.0. The van der Waals surface area contributed by atoms with Crippen molar-refractivity contribution in [1.82, 2.24) is 0 Å². The first kappa shape index (κ1) is 6.46. The molecule has 0 aliphatic carbocycles. The van der Waals surface area contributed by atoms with Gasteiger partial charge in [0.05, 0.1) is 5.57 Å². The van der Waals surface area contributed by atoms with Gasteiger partial charge in [0.25, 0.3) is 0 Å². The molecule has 0 N–H and O–H groups in total. The van der Waals surface area contributed by atoms with Crippen LogP contribution in [-0.2, 0) is 14.3 Å². The molecule has 0 bridgehead atoms. The van der Waals surface area contributed by atoms with Gasteiger partial charge in [-0.05, 0) is 0 Å². The molecule has 0 aromatic rings. The minimum atomic E-state index is -0.230. The Labute approximate surface area is 64.3 Å². The molecule has 0 radical (unpaired) electrons. The van der Waals surface area contributed by atoms with E-state index in [1.165, 1.54) is 0 Å². The van der Waals surface area contributed by atoms with Crippen molar-refractivity contribution in [3.63, 3.8) is 0 Å². The molecule has 2 heterocycles. The van der Waals surface area contributed by atoms with E-state index in [-0.39, 0.29) is 5.97 Å². The van der Waals surface area contributed by atoms with Gasteiger partial charge in [0.1, 0.15) is 19.0 Å². The summed E-state index contributed by atoms with van der Waals surface area (Å²) in [6, 6.07) is 0. The number of carbonyl (C=O) groups is 1. The lowest BCUT2D eigenvalue weighted by atomic mass is 10.2. The number of hydrogen-bond donors (Lipinski definition) is 0. The molecule has 2 aliphatic rings. The van der Waals surface area contributed by atoms with Gasteiger partial charge in [0.15, 0.2) is 0 Å². The molecule has 0 saturated carbocycles. The minimum absolute atomic E-state index is 0.230. The van der Waals surface area contributed by atoms with E-state index >= 15 is 0 Å². The SMILES string of the molecule is O=C1OCC2=C1CC=CCO2. The maximum Gasteiger partial charge on any atom is 0.338 e. The number of hydrogen-bond acceptors (Lipinski definition) is 3. The highest BCUT2D eigenvalue weighted by atomic mass is 16.6. The largest absolute Gasteiger partial charge is 0.490 e. The van der Waals surface area contributed by atoms with Gasteiger partial charge < -0.3 is 9.47 Å². The quantitative estimate of drug-likeness (QED) is 0.380. The maximum absolute atomic E-state index is 11.0. The lowest BCUT2D eigenvalue weighted by molar-refractivity contribution is -0.136. The van der Waals surface area contributed by atoms with Crippen LogP contribution in [0.15, 0.2) is 23.5 Å². The summed E-state index contributed by atoms with van der Waals surface area (Å²) in [6.07, 6.45) is 4.48. The second-order valence-corrected chi connectivity index (χ2v) is 2.46. The Kier molecular flexibility index (Phi) is 1.42. The number of ether oxygens (including phenoxy) is 2. The number of cyclic esters (lactones) is 1. The third kappa shape index (κ3) is 1.02. The van der Waals surface area contributed by atoms with Gasteiger partial charge in [-0.25, -0.2) is 4.79 Å². The summed E-state index contributed by atoms with van der Waals surface area (Å²) in [5, 5.41) is 0. The van der Waals surface area contributed by atoms with Crippen LogP contribution >= 0.6 is 0 Å². The van der Waals surface area contributed by atoms with Gasteiger partial charge in [-0.2, -0.15) is 0 Å². The van der Waals surface area contributed by atoms with E-state index in [1.54, 1.807) is 0 Å². The lowest BCUT2D eigenvalue weighted by Crippen LogP contribution is -1.97. The van der Waals surface area contributed by atoms with Crippen LogP contribution in [0.3, 0.4) is 0 Å². The first-order valence-electron chi connectivity index (χ1n) is 3.55. The molecule has 58 valence electrons. The Bertz CT molecular complexity index is 250. The van der Waals surface area contributed by atoms with Crippen LogP contribution in [0.4, 0.5) is 0 Å². The summed E-state index contributed by atoms with van der Waals surface area (Å²) >= 11 is 0. The standard InChI is InChI=1S/C8H8O3/c9-8-6-3-1-2-4-10-7(6)5-11-8/h1-2H,3-5H2. The van der Waals surface area contributed by atoms with Crippen LogP contribution in [-0.4, -0.2) is 19.2 Å². The molecule has 0 aromatic heterocycles. The van der Waals surface area contributed by atoms with E-state index in [0.29, 0.717) is 31.0 Å². The van der Waals surface area contributed by atoms with Crippen molar-refractivity contribution in [2.45, 2.75) is 6.42 Å². The molecule has 0 saturated heterocycles. The summed E-state index contributed by atoms with van der Waals surface area (Å²) in [6.45, 7) is 0.866. The molecular formula is C8H8O3. The molecule has 11 heavy (non-hydrogen) atoms. The highest BCUT2D eigenvalue weighted by Crippen LogP contribution is 2.22. The molecule has 0 aromatic carbocycles. The Balaban J connectivity index is 2.29. The van der Waals surface area contributed by atoms with Gasteiger partial charge >= 0.3 is 5.97 Å². The maximum atomic E-state index is 11.0. The van der Waals surface area contributed by atoms with Gasteiger partial charge in [-0.3, -0.25) is 0 Å². The molecule has 0 unspecified atom stereocenters. The molecule has 3 nitrogen and oxygen atoms in total. The normalized spacial score (nSPS) is 22.4. The Morgan fingerprint density at radius 3 is 3.09 bits per heavy atom. The van der Waals surface area contributed by atoms with Crippen LogP contribution in [0.2, 0.25) is 0 Å². The smallest absolute Gasteiger partial charge is 0.338 e. The predicted molar refractivity (Wildman–Crippen MR) is 37.7 cm³/mol. The summed E-state index contributed by atoms with van der Waals surface area (Å²) in [7, 11) is 0. The van der Waals surface area contributed by atoms with Crippen molar-refractivity contribution in [3.8, 4) is 0 Å². The second kappa shape index (κ2) is 2.42. The van der Waals surface area contributed by atoms with Crippen molar-refractivity contribution in [3.05, 3.63) is 23.5 Å². The molecule has 2 rings (SSSR count).